The smallest absolute Gasteiger partial charge is 0.251 e. The van der Waals surface area contributed by atoms with Crippen LogP contribution in [0, 0.1) is 0 Å². The third-order valence-corrected chi connectivity index (χ3v) is 5.32. The second-order valence-electron chi connectivity index (χ2n) is 7.43. The number of piperidine rings is 1. The first kappa shape index (κ1) is 19.9. The molecule has 0 aliphatic carbocycles. The Morgan fingerprint density at radius 2 is 1.77 bits per heavy atom. The van der Waals surface area contributed by atoms with E-state index in [-0.39, 0.29) is 5.91 Å². The maximum atomic E-state index is 12.6. The zero-order valence-corrected chi connectivity index (χ0v) is 17.2. The van der Waals surface area contributed by atoms with E-state index in [0.29, 0.717) is 12.1 Å². The lowest BCUT2D eigenvalue weighted by molar-refractivity contribution is 0.0951. The molecule has 1 N–H and O–H groups in total. The molecule has 1 amide bonds. The molecule has 4 rings (SSSR count). The lowest BCUT2D eigenvalue weighted by Crippen LogP contribution is -2.30. The van der Waals surface area contributed by atoms with E-state index in [1.54, 1.807) is 7.11 Å². The summed E-state index contributed by atoms with van der Waals surface area (Å²) in [5.41, 5.74) is 3.42. The Balaban J connectivity index is 1.43. The molecule has 1 aliphatic heterocycles. The zero-order valence-electron chi connectivity index (χ0n) is 17.2. The van der Waals surface area contributed by atoms with Crippen LogP contribution < -0.4 is 15.0 Å². The van der Waals surface area contributed by atoms with Gasteiger partial charge in [0.15, 0.2) is 0 Å². The number of anilines is 1. The molecule has 6 heteroatoms. The summed E-state index contributed by atoms with van der Waals surface area (Å²) in [6, 6.07) is 15.2. The van der Waals surface area contributed by atoms with Gasteiger partial charge in [-0.1, -0.05) is 24.3 Å². The van der Waals surface area contributed by atoms with Crippen LogP contribution in [-0.2, 0) is 6.54 Å². The molecule has 0 spiro atoms. The number of nitrogens with one attached hydrogen (secondary N) is 1. The zero-order chi connectivity index (χ0) is 20.8. The van der Waals surface area contributed by atoms with Crippen LogP contribution in [0.3, 0.4) is 0 Å². The van der Waals surface area contributed by atoms with Gasteiger partial charge in [-0.05, 0) is 54.7 Å². The normalized spacial score (nSPS) is 13.7. The molecule has 1 aliphatic rings. The van der Waals surface area contributed by atoms with Crippen molar-refractivity contribution in [1.82, 2.24) is 15.3 Å². The maximum absolute atomic E-state index is 12.6. The number of carbonyl (C=O) groups is 1. The first-order valence-electron chi connectivity index (χ1n) is 10.3. The number of hydrogen-bond acceptors (Lipinski definition) is 5. The second kappa shape index (κ2) is 9.39. The Hall–Kier alpha value is -3.41. The van der Waals surface area contributed by atoms with Gasteiger partial charge in [0.2, 0.25) is 5.95 Å². The number of carbonyl (C=O) groups excluding carboxylic acids is 1. The van der Waals surface area contributed by atoms with Crippen LogP contribution in [0.5, 0.6) is 5.75 Å². The number of aromatic nitrogens is 2. The molecule has 0 unspecified atom stereocenters. The molecule has 0 saturated carbocycles. The lowest BCUT2D eigenvalue weighted by atomic mass is 10.1. The van der Waals surface area contributed by atoms with Crippen LogP contribution in [0.2, 0.25) is 0 Å². The Morgan fingerprint density at radius 3 is 2.53 bits per heavy atom. The van der Waals surface area contributed by atoms with Crippen LogP contribution in [0.15, 0.2) is 60.9 Å². The first-order valence-corrected chi connectivity index (χ1v) is 10.3. The first-order chi connectivity index (χ1) is 14.7. The minimum atomic E-state index is -0.120. The molecule has 2 heterocycles. The Labute approximate surface area is 176 Å². The molecule has 154 valence electrons. The molecule has 0 atom stereocenters. The van der Waals surface area contributed by atoms with Crippen molar-refractivity contribution in [2.24, 2.45) is 0 Å². The minimum Gasteiger partial charge on any atom is -0.497 e. The third kappa shape index (κ3) is 4.76. The number of benzene rings is 2. The average Bonchev–Trinajstić information content (AvgIpc) is 2.83. The second-order valence-corrected chi connectivity index (χ2v) is 7.43. The number of nitrogens with zero attached hydrogens (tertiary/aromatic N) is 3. The largest absolute Gasteiger partial charge is 0.497 e. The predicted octanol–water partition coefficient (Wildman–Crippen LogP) is 4.07. The van der Waals surface area contributed by atoms with Crippen LogP contribution in [-0.4, -0.2) is 36.1 Å². The van der Waals surface area contributed by atoms with Gasteiger partial charge in [0.1, 0.15) is 5.75 Å². The highest BCUT2D eigenvalue weighted by Crippen LogP contribution is 2.22. The van der Waals surface area contributed by atoms with E-state index < -0.39 is 0 Å². The molecular weight excluding hydrogens is 376 g/mol. The van der Waals surface area contributed by atoms with Crippen molar-refractivity contribution in [3.05, 3.63) is 72.1 Å². The Kier molecular flexibility index (Phi) is 6.23. The van der Waals surface area contributed by atoms with Gasteiger partial charge in [-0.3, -0.25) is 4.79 Å². The Bertz CT molecular complexity index is 998. The van der Waals surface area contributed by atoms with Gasteiger partial charge in [-0.25, -0.2) is 9.97 Å². The molecule has 1 saturated heterocycles. The highest BCUT2D eigenvalue weighted by atomic mass is 16.5. The van der Waals surface area contributed by atoms with Crippen molar-refractivity contribution >= 4 is 11.9 Å². The fourth-order valence-corrected chi connectivity index (χ4v) is 3.63. The summed E-state index contributed by atoms with van der Waals surface area (Å²) in [7, 11) is 1.63. The fraction of sp³-hybridized carbons (Fsp3) is 0.292. The SMILES string of the molecule is COc1cccc(CNC(=O)c2cccc(-c3cnc(N4CCCCC4)nc3)c2)c1. The van der Waals surface area contributed by atoms with Gasteiger partial charge < -0.3 is 15.0 Å². The summed E-state index contributed by atoms with van der Waals surface area (Å²) in [5.74, 6) is 1.44. The Morgan fingerprint density at radius 1 is 1.00 bits per heavy atom. The van der Waals surface area contributed by atoms with Crippen molar-refractivity contribution in [3.8, 4) is 16.9 Å². The summed E-state index contributed by atoms with van der Waals surface area (Å²) in [6.07, 6.45) is 7.34. The van der Waals surface area contributed by atoms with E-state index in [1.807, 2.05) is 60.9 Å². The van der Waals surface area contributed by atoms with Gasteiger partial charge in [-0.15, -0.1) is 0 Å². The minimum absolute atomic E-state index is 0.120. The monoisotopic (exact) mass is 402 g/mol. The van der Waals surface area contributed by atoms with E-state index in [1.165, 1.54) is 19.3 Å². The highest BCUT2D eigenvalue weighted by molar-refractivity contribution is 5.95. The number of methoxy groups -OCH3 is 1. The molecule has 2 aromatic carbocycles. The molecular formula is C24H26N4O2. The van der Waals surface area contributed by atoms with Crippen LogP contribution in [0.1, 0.15) is 35.2 Å². The summed E-state index contributed by atoms with van der Waals surface area (Å²) in [4.78, 5) is 24.0. The van der Waals surface area contributed by atoms with Crippen molar-refractivity contribution in [1.29, 1.82) is 0 Å². The molecule has 30 heavy (non-hydrogen) atoms. The molecule has 0 radical (unpaired) electrons. The maximum Gasteiger partial charge on any atom is 0.251 e. The molecule has 0 bridgehead atoms. The van der Waals surface area contributed by atoms with E-state index in [2.05, 4.69) is 20.2 Å². The number of hydrogen-bond donors (Lipinski definition) is 1. The highest BCUT2D eigenvalue weighted by Gasteiger charge is 2.14. The van der Waals surface area contributed by atoms with Gasteiger partial charge in [0, 0.05) is 43.2 Å². The fourth-order valence-electron chi connectivity index (χ4n) is 3.63. The number of ether oxygens (including phenoxy) is 1. The van der Waals surface area contributed by atoms with Gasteiger partial charge >= 0.3 is 0 Å². The third-order valence-electron chi connectivity index (χ3n) is 5.32. The van der Waals surface area contributed by atoms with Crippen molar-refractivity contribution in [2.45, 2.75) is 25.8 Å². The van der Waals surface area contributed by atoms with E-state index in [9.17, 15) is 4.79 Å². The van der Waals surface area contributed by atoms with Crippen molar-refractivity contribution in [2.75, 3.05) is 25.1 Å². The van der Waals surface area contributed by atoms with Crippen LogP contribution in [0.25, 0.3) is 11.1 Å². The van der Waals surface area contributed by atoms with Crippen LogP contribution in [0.4, 0.5) is 5.95 Å². The summed E-state index contributed by atoms with van der Waals surface area (Å²) in [6.45, 7) is 2.47. The van der Waals surface area contributed by atoms with Crippen molar-refractivity contribution < 1.29 is 9.53 Å². The summed E-state index contributed by atoms with van der Waals surface area (Å²) in [5, 5.41) is 2.96. The van der Waals surface area contributed by atoms with Crippen molar-refractivity contribution in [3.63, 3.8) is 0 Å². The lowest BCUT2D eigenvalue weighted by Gasteiger charge is -2.26. The molecule has 1 aromatic heterocycles. The van der Waals surface area contributed by atoms with Gasteiger partial charge in [-0.2, -0.15) is 0 Å². The molecule has 3 aromatic rings. The van der Waals surface area contributed by atoms with Crippen LogP contribution >= 0.6 is 0 Å². The van der Waals surface area contributed by atoms with E-state index in [0.717, 1.165) is 41.5 Å². The van der Waals surface area contributed by atoms with E-state index >= 15 is 0 Å². The molecule has 1 fully saturated rings. The van der Waals surface area contributed by atoms with Gasteiger partial charge in [0.05, 0.1) is 7.11 Å². The summed E-state index contributed by atoms with van der Waals surface area (Å²) < 4.78 is 5.23. The predicted molar refractivity (Wildman–Crippen MR) is 118 cm³/mol. The number of rotatable bonds is 6. The standard InChI is InChI=1S/C24H26N4O2/c1-30-22-10-5-7-18(13-22)15-25-23(29)20-9-6-8-19(14-20)21-16-26-24(27-17-21)28-11-3-2-4-12-28/h5-10,13-14,16-17H,2-4,11-12,15H2,1H3,(H,25,29). The average molecular weight is 402 g/mol. The number of amides is 1. The van der Waals surface area contributed by atoms with Gasteiger partial charge in [0.25, 0.3) is 5.91 Å². The summed E-state index contributed by atoms with van der Waals surface area (Å²) >= 11 is 0. The quantitative estimate of drug-likeness (QED) is 0.673. The molecule has 6 nitrogen and oxygen atoms in total. The van der Waals surface area contributed by atoms with E-state index in [4.69, 9.17) is 4.74 Å². The topological polar surface area (TPSA) is 67.3 Å².